The van der Waals surface area contributed by atoms with Crippen LogP contribution in [0.4, 0.5) is 0 Å². The first kappa shape index (κ1) is 18.7. The third-order valence-electron chi connectivity index (χ3n) is 1.35. The second-order valence-corrected chi connectivity index (χ2v) is 4.48. The van der Waals surface area contributed by atoms with E-state index in [1.54, 1.807) is 6.92 Å². The summed E-state index contributed by atoms with van der Waals surface area (Å²) in [7, 11) is -2.12. The van der Waals surface area contributed by atoms with Gasteiger partial charge in [0.25, 0.3) is 0 Å². The average Bonchev–Trinajstić information content (AvgIpc) is 1.86. The van der Waals surface area contributed by atoms with E-state index in [4.69, 9.17) is 0 Å². The van der Waals surface area contributed by atoms with Gasteiger partial charge in [0.15, 0.2) is 15.1 Å². The maximum Gasteiger partial charge on any atom is 0.324 e. The van der Waals surface area contributed by atoms with E-state index in [0.717, 1.165) is 6.26 Å². The lowest BCUT2D eigenvalue weighted by Crippen LogP contribution is -2.29. The minimum absolute atomic E-state index is 0. The summed E-state index contributed by atoms with van der Waals surface area (Å²) < 4.78 is 26.0. The molecule has 1 atom stereocenters. The van der Waals surface area contributed by atoms with Gasteiger partial charge < -0.3 is 4.74 Å². The monoisotopic (exact) mass is 252 g/mol. The smallest absolute Gasteiger partial charge is 0.324 e. The molecule has 82 valence electrons. The molecule has 0 fully saturated rings. The maximum atomic E-state index is 10.9. The molecule has 0 saturated carbocycles. The number of rotatable bonds is 3. The summed E-state index contributed by atoms with van der Waals surface area (Å²) in [6.07, 6.45) is 1.28. The predicted octanol–water partition coefficient (Wildman–Crippen LogP) is 0.826. The minimum atomic E-state index is -3.30. The maximum absolute atomic E-state index is 10.9. The van der Waals surface area contributed by atoms with Crippen LogP contribution in [0.1, 0.15) is 13.3 Å². The van der Waals surface area contributed by atoms with Gasteiger partial charge in [-0.1, -0.05) is 6.92 Å². The molecule has 0 aliphatic rings. The van der Waals surface area contributed by atoms with Crippen LogP contribution in [0.3, 0.4) is 0 Å². The van der Waals surface area contributed by atoms with E-state index in [2.05, 4.69) is 4.74 Å². The molecule has 0 aromatic rings. The van der Waals surface area contributed by atoms with E-state index in [1.807, 2.05) is 0 Å². The molecule has 0 aliphatic heterocycles. The first-order valence-electron chi connectivity index (χ1n) is 3.20. The van der Waals surface area contributed by atoms with Gasteiger partial charge >= 0.3 is 5.97 Å². The molecule has 0 aromatic carbocycles. The van der Waals surface area contributed by atoms with E-state index < -0.39 is 21.1 Å². The molecule has 13 heavy (non-hydrogen) atoms. The summed E-state index contributed by atoms with van der Waals surface area (Å²) in [5.41, 5.74) is 0. The Bertz CT molecular complexity index is 237. The second-order valence-electron chi connectivity index (χ2n) is 2.25. The Morgan fingerprint density at radius 1 is 1.38 bits per heavy atom. The predicted molar refractivity (Wildman–Crippen MR) is 55.4 cm³/mol. The van der Waals surface area contributed by atoms with Crippen molar-refractivity contribution in [2.45, 2.75) is 18.6 Å². The van der Waals surface area contributed by atoms with Crippen molar-refractivity contribution in [1.82, 2.24) is 0 Å². The number of hydrogen-bond acceptors (Lipinski definition) is 4. The molecule has 4 nitrogen and oxygen atoms in total. The lowest BCUT2D eigenvalue weighted by molar-refractivity contribution is -0.140. The molecule has 0 radical (unpaired) electrons. The molecule has 1 unspecified atom stereocenters. The number of carbonyl (C=O) groups is 1. The van der Waals surface area contributed by atoms with Crippen LogP contribution in [0, 0.1) is 0 Å². The quantitative estimate of drug-likeness (QED) is 0.699. The second kappa shape index (κ2) is 7.41. The van der Waals surface area contributed by atoms with E-state index >= 15 is 0 Å². The van der Waals surface area contributed by atoms with E-state index in [0.29, 0.717) is 0 Å². The van der Waals surface area contributed by atoms with Crippen molar-refractivity contribution in [3.8, 4) is 0 Å². The van der Waals surface area contributed by atoms with Crippen molar-refractivity contribution in [3.63, 3.8) is 0 Å². The van der Waals surface area contributed by atoms with Crippen molar-refractivity contribution in [2.75, 3.05) is 13.4 Å². The largest absolute Gasteiger partial charge is 0.468 e. The first-order chi connectivity index (χ1) is 4.93. The van der Waals surface area contributed by atoms with Gasteiger partial charge in [-0.3, -0.25) is 4.79 Å². The topological polar surface area (TPSA) is 60.4 Å². The highest BCUT2D eigenvalue weighted by atomic mass is 35.5. The van der Waals surface area contributed by atoms with Crippen molar-refractivity contribution < 1.29 is 17.9 Å². The highest BCUT2D eigenvalue weighted by Crippen LogP contribution is 2.05. The molecule has 0 aliphatic carbocycles. The summed E-state index contributed by atoms with van der Waals surface area (Å²) >= 11 is 0. The van der Waals surface area contributed by atoms with Crippen LogP contribution in [0.2, 0.25) is 0 Å². The normalized spacial score (nSPS) is 11.9. The highest BCUT2D eigenvalue weighted by Gasteiger charge is 2.27. The van der Waals surface area contributed by atoms with Crippen LogP contribution >= 0.6 is 24.8 Å². The molecular formula is C6H14Cl2O4S. The Hall–Kier alpha value is -0.000000000000000111. The third-order valence-corrected chi connectivity index (χ3v) is 2.91. The number of ether oxygens (including phenoxy) is 1. The first-order valence-corrected chi connectivity index (χ1v) is 5.15. The number of carbonyl (C=O) groups excluding carboxylic acids is 1. The summed E-state index contributed by atoms with van der Waals surface area (Å²) in [6, 6.07) is 0. The summed E-state index contributed by atoms with van der Waals surface area (Å²) in [6.45, 7) is 1.63. The van der Waals surface area contributed by atoms with Crippen LogP contribution in [-0.2, 0) is 19.4 Å². The zero-order valence-electron chi connectivity index (χ0n) is 7.64. The van der Waals surface area contributed by atoms with Gasteiger partial charge in [0.1, 0.15) is 0 Å². The van der Waals surface area contributed by atoms with Gasteiger partial charge in [0, 0.05) is 6.26 Å². The fourth-order valence-corrected chi connectivity index (χ4v) is 1.83. The molecule has 0 bridgehead atoms. The Balaban J connectivity index is -0.000000500. The van der Waals surface area contributed by atoms with Crippen LogP contribution in [0.15, 0.2) is 0 Å². The summed E-state index contributed by atoms with van der Waals surface area (Å²) in [5, 5.41) is -1.01. The minimum Gasteiger partial charge on any atom is -0.468 e. The molecule has 7 heteroatoms. The molecule has 0 heterocycles. The zero-order chi connectivity index (χ0) is 9.07. The molecule has 0 saturated heterocycles. The number of sulfone groups is 1. The van der Waals surface area contributed by atoms with Crippen molar-refractivity contribution in [2.24, 2.45) is 0 Å². The van der Waals surface area contributed by atoms with Crippen LogP contribution in [0.5, 0.6) is 0 Å². The van der Waals surface area contributed by atoms with Crippen LogP contribution in [-0.4, -0.2) is 33.0 Å². The Kier molecular flexibility index (Phi) is 10.7. The SMILES string of the molecule is CCC(C(=O)OC)S(C)(=O)=O.Cl.Cl. The third kappa shape index (κ3) is 6.12. The Morgan fingerprint density at radius 2 is 1.77 bits per heavy atom. The number of halogens is 2. The van der Waals surface area contributed by atoms with E-state index in [-0.39, 0.29) is 31.2 Å². The molecule has 0 N–H and O–H groups in total. The molecule has 0 rings (SSSR count). The van der Waals surface area contributed by atoms with Gasteiger partial charge in [-0.15, -0.1) is 24.8 Å². The van der Waals surface area contributed by atoms with Gasteiger partial charge in [-0.2, -0.15) is 0 Å². The zero-order valence-corrected chi connectivity index (χ0v) is 10.1. The van der Waals surface area contributed by atoms with E-state index in [1.165, 1.54) is 7.11 Å². The standard InChI is InChI=1S/C6H12O4S.2ClH/c1-4-5(6(7)10-2)11(3,8)9;;/h5H,4H2,1-3H3;2*1H. The van der Waals surface area contributed by atoms with Gasteiger partial charge in [0.05, 0.1) is 7.11 Å². The fraction of sp³-hybridized carbons (Fsp3) is 0.833. The molecule has 0 spiro atoms. The lowest BCUT2D eigenvalue weighted by Gasteiger charge is -2.08. The van der Waals surface area contributed by atoms with Crippen molar-refractivity contribution in [3.05, 3.63) is 0 Å². The van der Waals surface area contributed by atoms with Gasteiger partial charge in [-0.05, 0) is 6.42 Å². The number of methoxy groups -OCH3 is 1. The average molecular weight is 253 g/mol. The fourth-order valence-electron chi connectivity index (χ4n) is 0.776. The number of hydrogen-bond donors (Lipinski definition) is 0. The molecule has 0 aromatic heterocycles. The Labute approximate surface area is 90.8 Å². The van der Waals surface area contributed by atoms with Crippen LogP contribution in [0.25, 0.3) is 0 Å². The summed E-state index contributed by atoms with van der Waals surface area (Å²) in [5.74, 6) is -0.685. The van der Waals surface area contributed by atoms with Crippen molar-refractivity contribution in [1.29, 1.82) is 0 Å². The highest BCUT2D eigenvalue weighted by molar-refractivity contribution is 7.92. The van der Waals surface area contributed by atoms with Crippen molar-refractivity contribution >= 4 is 40.6 Å². The summed E-state index contributed by atoms with van der Waals surface area (Å²) in [4.78, 5) is 10.8. The van der Waals surface area contributed by atoms with Crippen LogP contribution < -0.4 is 0 Å². The Morgan fingerprint density at radius 3 is 1.85 bits per heavy atom. The van der Waals surface area contributed by atoms with E-state index in [9.17, 15) is 13.2 Å². The van der Waals surface area contributed by atoms with Gasteiger partial charge in [-0.25, -0.2) is 8.42 Å². The van der Waals surface area contributed by atoms with Gasteiger partial charge in [0.2, 0.25) is 0 Å². The lowest BCUT2D eigenvalue weighted by atomic mass is 10.3. The number of esters is 1. The molecular weight excluding hydrogens is 239 g/mol. The molecule has 0 amide bonds.